The van der Waals surface area contributed by atoms with E-state index in [2.05, 4.69) is 37.9 Å². The van der Waals surface area contributed by atoms with Crippen molar-refractivity contribution in [2.24, 2.45) is 0 Å². The van der Waals surface area contributed by atoms with Gasteiger partial charge in [0, 0.05) is 17.5 Å². The van der Waals surface area contributed by atoms with E-state index in [1.165, 1.54) is 17.3 Å². The van der Waals surface area contributed by atoms with Crippen molar-refractivity contribution in [1.29, 1.82) is 0 Å². The highest BCUT2D eigenvalue weighted by atomic mass is 19.1. The van der Waals surface area contributed by atoms with Crippen LogP contribution < -0.4 is 4.74 Å². The molecular weight excluding hydrogens is 289 g/mol. The minimum absolute atomic E-state index is 0.154. The molecule has 1 heterocycles. The molecule has 0 radical (unpaired) electrons. The Morgan fingerprint density at radius 2 is 1.74 bits per heavy atom. The lowest BCUT2D eigenvalue weighted by atomic mass is 10.0. The predicted molar refractivity (Wildman–Crippen MR) is 94.7 cm³/mol. The zero-order valence-electron chi connectivity index (χ0n) is 15.1. The molecule has 0 aliphatic heterocycles. The number of halogens is 1. The zero-order chi connectivity index (χ0) is 17.4. The number of hydrogen-bond acceptors (Lipinski definition) is 2. The third kappa shape index (κ3) is 5.66. The monoisotopic (exact) mass is 317 g/mol. The van der Waals surface area contributed by atoms with Gasteiger partial charge in [-0.05, 0) is 42.0 Å². The molecule has 0 atom stereocenters. The van der Waals surface area contributed by atoms with E-state index in [0.29, 0.717) is 17.2 Å². The first kappa shape index (κ1) is 19.1. The normalized spacial score (nSPS) is 10.5. The quantitative estimate of drug-likeness (QED) is 0.719. The van der Waals surface area contributed by atoms with Crippen molar-refractivity contribution in [1.82, 2.24) is 4.98 Å². The molecule has 0 unspecified atom stereocenters. The van der Waals surface area contributed by atoms with E-state index in [-0.39, 0.29) is 11.7 Å². The number of nitrogens with zero attached hydrogens (tertiary/aromatic N) is 1. The Hall–Kier alpha value is -1.90. The van der Waals surface area contributed by atoms with Crippen LogP contribution in [-0.2, 0) is 6.42 Å². The first-order chi connectivity index (χ1) is 10.9. The molecule has 23 heavy (non-hydrogen) atoms. The highest BCUT2D eigenvalue weighted by Crippen LogP contribution is 2.28. The lowest BCUT2D eigenvalue weighted by Gasteiger charge is -2.11. The summed E-state index contributed by atoms with van der Waals surface area (Å²) in [6, 6.07) is 9.15. The maximum Gasteiger partial charge on any atom is 0.130 e. The Morgan fingerprint density at radius 3 is 2.13 bits per heavy atom. The molecule has 0 saturated heterocycles. The largest absolute Gasteiger partial charge is 0.496 e. The van der Waals surface area contributed by atoms with Gasteiger partial charge in [-0.25, -0.2) is 4.39 Å². The van der Waals surface area contributed by atoms with Crippen LogP contribution in [0.5, 0.6) is 5.75 Å². The molecule has 1 aromatic heterocycles. The van der Waals surface area contributed by atoms with Gasteiger partial charge in [0.05, 0.1) is 7.11 Å². The fraction of sp³-hybridized carbons (Fsp3) is 0.450. The van der Waals surface area contributed by atoms with Crippen molar-refractivity contribution >= 4 is 0 Å². The molecule has 2 nitrogen and oxygen atoms in total. The highest BCUT2D eigenvalue weighted by Gasteiger charge is 2.11. The van der Waals surface area contributed by atoms with Crippen molar-refractivity contribution in [3.63, 3.8) is 0 Å². The minimum Gasteiger partial charge on any atom is -0.496 e. The first-order valence-corrected chi connectivity index (χ1v) is 8.17. The van der Waals surface area contributed by atoms with Gasteiger partial charge in [-0.3, -0.25) is 4.98 Å². The minimum atomic E-state index is -0.190. The molecule has 0 fully saturated rings. The fourth-order valence-electron chi connectivity index (χ4n) is 2.24. The third-order valence-electron chi connectivity index (χ3n) is 3.66. The number of aromatic nitrogens is 1. The smallest absolute Gasteiger partial charge is 0.130 e. The van der Waals surface area contributed by atoms with Crippen molar-refractivity contribution in [3.05, 3.63) is 59.2 Å². The van der Waals surface area contributed by atoms with Gasteiger partial charge in [0.15, 0.2) is 0 Å². The van der Waals surface area contributed by atoms with E-state index in [1.807, 2.05) is 20.0 Å². The molecular formula is C20H28FNO. The molecule has 0 saturated carbocycles. The number of ether oxygens (including phenoxy) is 1. The number of pyridine rings is 1. The highest BCUT2D eigenvalue weighted by molar-refractivity contribution is 5.36. The average Bonchev–Trinajstić information content (AvgIpc) is 2.54. The molecule has 1 aromatic carbocycles. The van der Waals surface area contributed by atoms with Gasteiger partial charge < -0.3 is 4.74 Å². The molecule has 2 aromatic rings. The molecule has 2 rings (SSSR count). The zero-order valence-corrected chi connectivity index (χ0v) is 15.1. The van der Waals surface area contributed by atoms with E-state index < -0.39 is 0 Å². The second-order valence-electron chi connectivity index (χ2n) is 6.11. The predicted octanol–water partition coefficient (Wildman–Crippen LogP) is 5.73. The summed E-state index contributed by atoms with van der Waals surface area (Å²) >= 11 is 0. The molecule has 3 heteroatoms. The number of hydrogen-bond donors (Lipinski definition) is 0. The van der Waals surface area contributed by atoms with Gasteiger partial charge >= 0.3 is 0 Å². The summed E-state index contributed by atoms with van der Waals surface area (Å²) in [4.78, 5) is 4.35. The Balaban J connectivity index is 0.000000231. The maximum absolute atomic E-state index is 13.2. The summed E-state index contributed by atoms with van der Waals surface area (Å²) in [5.74, 6) is 1.14. The average molecular weight is 317 g/mol. The van der Waals surface area contributed by atoms with Gasteiger partial charge in [-0.15, -0.1) is 0 Å². The lowest BCUT2D eigenvalue weighted by molar-refractivity contribution is 0.401. The molecule has 0 N–H and O–H groups in total. The van der Waals surface area contributed by atoms with Crippen LogP contribution >= 0.6 is 0 Å². The molecule has 0 spiro atoms. The maximum atomic E-state index is 13.2. The Labute approximate surface area is 139 Å². The van der Waals surface area contributed by atoms with Crippen LogP contribution in [0.1, 0.15) is 63.3 Å². The number of benzene rings is 1. The second-order valence-corrected chi connectivity index (χ2v) is 6.11. The van der Waals surface area contributed by atoms with Gasteiger partial charge in [-0.2, -0.15) is 0 Å². The van der Waals surface area contributed by atoms with Crippen molar-refractivity contribution < 1.29 is 9.13 Å². The van der Waals surface area contributed by atoms with Crippen LogP contribution in [0.25, 0.3) is 0 Å². The van der Waals surface area contributed by atoms with E-state index in [9.17, 15) is 4.39 Å². The molecule has 0 bridgehead atoms. The van der Waals surface area contributed by atoms with E-state index in [4.69, 9.17) is 4.74 Å². The summed E-state index contributed by atoms with van der Waals surface area (Å²) in [6.07, 6.45) is 3.04. The first-order valence-electron chi connectivity index (χ1n) is 8.17. The van der Waals surface area contributed by atoms with Crippen LogP contribution in [0.2, 0.25) is 0 Å². The summed E-state index contributed by atoms with van der Waals surface area (Å²) in [5.41, 5.74) is 3.15. The van der Waals surface area contributed by atoms with E-state index in [0.717, 1.165) is 6.42 Å². The van der Waals surface area contributed by atoms with E-state index in [1.54, 1.807) is 19.2 Å². The van der Waals surface area contributed by atoms with Gasteiger partial charge in [0.2, 0.25) is 0 Å². The molecule has 0 amide bonds. The summed E-state index contributed by atoms with van der Waals surface area (Å²) < 4.78 is 18.3. The van der Waals surface area contributed by atoms with Gasteiger partial charge in [0.25, 0.3) is 0 Å². The molecule has 126 valence electrons. The van der Waals surface area contributed by atoms with E-state index >= 15 is 0 Å². The Kier molecular flexibility index (Phi) is 7.73. The van der Waals surface area contributed by atoms with Crippen LogP contribution in [-0.4, -0.2) is 12.1 Å². The topological polar surface area (TPSA) is 22.1 Å². The van der Waals surface area contributed by atoms with Crippen LogP contribution in [0.15, 0.2) is 36.5 Å². The Morgan fingerprint density at radius 1 is 1.04 bits per heavy atom. The summed E-state index contributed by atoms with van der Waals surface area (Å²) in [5, 5.41) is 0. The Bertz CT molecular complexity index is 591. The number of methoxy groups -OCH3 is 1. The second kappa shape index (κ2) is 9.29. The van der Waals surface area contributed by atoms with Gasteiger partial charge in [-0.1, -0.05) is 46.8 Å². The van der Waals surface area contributed by atoms with Crippen LogP contribution in [0.3, 0.4) is 0 Å². The van der Waals surface area contributed by atoms with Crippen molar-refractivity contribution in [3.8, 4) is 5.75 Å². The summed E-state index contributed by atoms with van der Waals surface area (Å²) in [6.45, 7) is 10.4. The van der Waals surface area contributed by atoms with Crippen LogP contribution in [0.4, 0.5) is 4.39 Å². The lowest BCUT2D eigenvalue weighted by Crippen LogP contribution is -1.97. The molecule has 0 aliphatic carbocycles. The van der Waals surface area contributed by atoms with Crippen molar-refractivity contribution in [2.75, 3.05) is 7.11 Å². The summed E-state index contributed by atoms with van der Waals surface area (Å²) in [7, 11) is 1.56. The molecule has 0 aliphatic rings. The van der Waals surface area contributed by atoms with Crippen LogP contribution in [0, 0.1) is 5.82 Å². The SMILES string of the molecule is CCc1ccc(C(C)C)nc1.COc1cccc(F)c1C(C)C. The third-order valence-corrected chi connectivity index (χ3v) is 3.66. The number of aryl methyl sites for hydroxylation is 1. The fourth-order valence-corrected chi connectivity index (χ4v) is 2.24. The number of rotatable bonds is 4. The van der Waals surface area contributed by atoms with Gasteiger partial charge in [0.1, 0.15) is 11.6 Å². The standard InChI is InChI=1S/C10H13FO.C10H15N/c1-7(2)10-8(11)5-4-6-9(10)12-3;1-4-9-5-6-10(8(2)3)11-7-9/h4-7H,1-3H3;5-8H,4H2,1-3H3. The van der Waals surface area contributed by atoms with Crippen molar-refractivity contribution in [2.45, 2.75) is 52.9 Å².